The maximum Gasteiger partial charge on any atom is 0.415 e. The number of benzene rings is 1. The Balaban J connectivity index is 2.40. The summed E-state index contributed by atoms with van der Waals surface area (Å²) in [6, 6.07) is 4.45. The summed E-state index contributed by atoms with van der Waals surface area (Å²) in [5.41, 5.74) is 1.24. The third-order valence-corrected chi connectivity index (χ3v) is 3.87. The minimum absolute atomic E-state index is 0.0569. The van der Waals surface area contributed by atoms with Crippen molar-refractivity contribution in [1.82, 2.24) is 4.90 Å². The normalized spacial score (nSPS) is 15.6. The van der Waals surface area contributed by atoms with E-state index in [-0.39, 0.29) is 22.9 Å². The van der Waals surface area contributed by atoms with E-state index in [0.717, 1.165) is 4.74 Å². The number of quaternary nitrogens is 1. The second kappa shape index (κ2) is 8.32. The number of rotatable bonds is 5. The maximum atomic E-state index is 12.2. The van der Waals surface area contributed by atoms with Crippen LogP contribution in [0.5, 0.6) is 5.75 Å². The zero-order valence-electron chi connectivity index (χ0n) is 14.2. The molecule has 0 unspecified atom stereocenters. The van der Waals surface area contributed by atoms with Gasteiger partial charge in [0.05, 0.1) is 6.42 Å². The third-order valence-electron chi connectivity index (χ3n) is 3.87. The molecule has 5 N–H and O–H groups in total. The molecule has 0 radical (unpaired) electrons. The molecular weight excluding hydrogens is 326 g/mol. The van der Waals surface area contributed by atoms with Crippen LogP contribution in [-0.2, 0) is 4.74 Å². The van der Waals surface area contributed by atoms with Crippen molar-refractivity contribution in [3.05, 3.63) is 42.2 Å². The van der Waals surface area contributed by atoms with Gasteiger partial charge in [0.1, 0.15) is 0 Å². The summed E-state index contributed by atoms with van der Waals surface area (Å²) in [4.78, 5) is 13.7. The second-order valence-electron chi connectivity index (χ2n) is 5.30. The first kappa shape index (κ1) is 18.5. The van der Waals surface area contributed by atoms with E-state index in [2.05, 4.69) is 0 Å². The van der Waals surface area contributed by atoms with Crippen LogP contribution in [0, 0.1) is 0 Å². The van der Waals surface area contributed by atoms with Gasteiger partial charge in [0.15, 0.2) is 5.75 Å². The molecule has 0 fully saturated rings. The molecule has 0 saturated carbocycles. The first-order valence-electron chi connectivity index (χ1n) is 8.01. The summed E-state index contributed by atoms with van der Waals surface area (Å²) >= 11 is 0. The van der Waals surface area contributed by atoms with Crippen molar-refractivity contribution in [3.8, 4) is 5.75 Å². The second-order valence-corrected chi connectivity index (χ2v) is 5.30. The van der Waals surface area contributed by atoms with Gasteiger partial charge in [0, 0.05) is 23.9 Å². The number of allylic oxidation sites excluding steroid dienone is 4. The van der Waals surface area contributed by atoms with Crippen LogP contribution in [0.4, 0.5) is 16.2 Å². The first-order chi connectivity index (χ1) is 12.0. The number of aromatic hydroxyl groups is 1. The maximum absolute atomic E-state index is 12.2. The van der Waals surface area contributed by atoms with E-state index in [1.165, 1.54) is 23.1 Å². The van der Waals surface area contributed by atoms with Gasteiger partial charge in [-0.3, -0.25) is 5.21 Å². The van der Waals surface area contributed by atoms with Gasteiger partial charge in [-0.1, -0.05) is 18.2 Å². The summed E-state index contributed by atoms with van der Waals surface area (Å²) in [5, 5.41) is 29.8. The molecule has 0 bridgehead atoms. The molecule has 25 heavy (non-hydrogen) atoms. The quantitative estimate of drug-likeness (QED) is 0.213. The van der Waals surface area contributed by atoms with Crippen LogP contribution < -0.4 is 5.48 Å². The van der Waals surface area contributed by atoms with Crippen LogP contribution in [-0.4, -0.2) is 50.1 Å². The lowest BCUT2D eigenvalue weighted by molar-refractivity contribution is -0.830. The molecule has 0 aliphatic heterocycles. The molecule has 1 amide bonds. The summed E-state index contributed by atoms with van der Waals surface area (Å²) in [7, 11) is 0. The first-order valence-corrected chi connectivity index (χ1v) is 8.01. The summed E-state index contributed by atoms with van der Waals surface area (Å²) in [6.07, 6.45) is 4.90. The fourth-order valence-corrected chi connectivity index (χ4v) is 2.46. The van der Waals surface area contributed by atoms with Crippen LogP contribution in [0.25, 0.3) is 0 Å². The van der Waals surface area contributed by atoms with Crippen molar-refractivity contribution in [2.75, 3.05) is 13.1 Å². The fourth-order valence-electron chi connectivity index (χ4n) is 2.46. The van der Waals surface area contributed by atoms with E-state index in [1.807, 2.05) is 13.8 Å². The molecule has 1 aliphatic carbocycles. The van der Waals surface area contributed by atoms with Crippen LogP contribution in [0.2, 0.25) is 0 Å². The van der Waals surface area contributed by atoms with Crippen molar-refractivity contribution in [2.24, 2.45) is 0 Å². The number of amides is 1. The number of para-hydroxylation sites is 1. The molecule has 8 heteroatoms. The van der Waals surface area contributed by atoms with Crippen LogP contribution in [0.3, 0.4) is 0 Å². The van der Waals surface area contributed by atoms with E-state index < -0.39 is 6.09 Å². The molecule has 134 valence electrons. The third kappa shape index (κ3) is 3.98. The predicted octanol–water partition coefficient (Wildman–Crippen LogP) is 1.77. The van der Waals surface area contributed by atoms with E-state index in [4.69, 9.17) is 4.74 Å². The van der Waals surface area contributed by atoms with Crippen LogP contribution >= 0.6 is 0 Å². The largest absolute Gasteiger partial charge is 0.502 e. The molecule has 2 rings (SSSR count). The fraction of sp³-hybridized carbons (Fsp3) is 0.294. The average Bonchev–Trinajstić information content (AvgIpc) is 2.62. The lowest BCUT2D eigenvalue weighted by Crippen LogP contribution is -2.74. The Labute approximate surface area is 145 Å². The number of nitrogens with zero attached hydrogens (tertiary/aromatic N) is 2. The highest BCUT2D eigenvalue weighted by molar-refractivity contribution is 5.99. The molecule has 8 nitrogen and oxygen atoms in total. The number of phenols is 1. The molecule has 0 atom stereocenters. The molecule has 1 aliphatic rings. The summed E-state index contributed by atoms with van der Waals surface area (Å²) in [5.74, 6) is 0.0193. The van der Waals surface area contributed by atoms with Crippen molar-refractivity contribution in [3.63, 3.8) is 0 Å². The number of carbonyl (C=O) groups is 1. The predicted molar refractivity (Wildman–Crippen MR) is 89.4 cm³/mol. The number of phenolic OH excluding ortho intramolecular Hbond substituents is 1. The molecule has 0 spiro atoms. The molecule has 1 aromatic rings. The smallest absolute Gasteiger partial charge is 0.415 e. The number of ether oxygens (including phenoxy) is 1. The number of hydrogen-bond acceptors (Lipinski definition) is 5. The van der Waals surface area contributed by atoms with Crippen molar-refractivity contribution in [1.29, 1.82) is 0 Å². The minimum atomic E-state index is -0.512. The Morgan fingerprint density at radius 2 is 2.08 bits per heavy atom. The highest BCUT2D eigenvalue weighted by Gasteiger charge is 2.31. The Morgan fingerprint density at radius 3 is 2.72 bits per heavy atom. The van der Waals surface area contributed by atoms with Gasteiger partial charge in [0.2, 0.25) is 5.76 Å². The number of nitrogens with two attached hydrogens (primary N) is 1. The molecule has 0 aromatic heterocycles. The molecule has 0 heterocycles. The number of carbonyl (C=O) groups excluding carboxylic acids is 1. The van der Waals surface area contributed by atoms with E-state index in [9.17, 15) is 20.3 Å². The highest BCUT2D eigenvalue weighted by atomic mass is 16.6. The highest BCUT2D eigenvalue weighted by Crippen LogP contribution is 2.29. The number of hydrogen-bond donors (Lipinski definition) is 4. The van der Waals surface area contributed by atoms with Gasteiger partial charge in [0.25, 0.3) is 11.4 Å². The Bertz CT molecular complexity index is 736. The van der Waals surface area contributed by atoms with E-state index in [0.29, 0.717) is 30.7 Å². The van der Waals surface area contributed by atoms with Gasteiger partial charge in [-0.25, -0.2) is 10.0 Å². The lowest BCUT2D eigenvalue weighted by atomic mass is 10.1. The standard InChI is InChI=1S/C17H21N3O5/c1-3-19(4-2)17(22)25-15-11-6-5-8-12(15)20(24)13-9-7-10-14(21)16(13)18-23/h5-7,9-11,18,23H,3-4,8H2,1-2H3,(H-,21,24)/p+2/b20-12-. The molecule has 0 saturated heterocycles. The SMILES string of the molecule is CCN(CC)C(=O)OC1=CC=CC/C1=[N+](/O)c1cccc(O)c1[NH2+]O. The van der Waals surface area contributed by atoms with Crippen LogP contribution in [0.15, 0.2) is 42.2 Å². The molecule has 1 aromatic carbocycles. The summed E-state index contributed by atoms with van der Waals surface area (Å²) < 4.78 is 6.22. The topological polar surface area (TPSA) is 110 Å². The van der Waals surface area contributed by atoms with Gasteiger partial charge in [-0.05, 0) is 26.0 Å². The van der Waals surface area contributed by atoms with Crippen molar-refractivity contribution in [2.45, 2.75) is 20.3 Å². The zero-order chi connectivity index (χ0) is 18.4. The zero-order valence-corrected chi connectivity index (χ0v) is 14.2. The molecular formula is C17H23N3O5+2. The lowest BCUT2D eigenvalue weighted by Gasteiger charge is -2.19. The van der Waals surface area contributed by atoms with E-state index in [1.54, 1.807) is 18.2 Å². The van der Waals surface area contributed by atoms with Crippen molar-refractivity contribution >= 4 is 23.2 Å². The van der Waals surface area contributed by atoms with Gasteiger partial charge in [-0.15, -0.1) is 0 Å². The Hall–Kier alpha value is -2.84. The Morgan fingerprint density at radius 1 is 1.36 bits per heavy atom. The Kier molecular flexibility index (Phi) is 6.15. The van der Waals surface area contributed by atoms with E-state index >= 15 is 0 Å². The minimum Gasteiger partial charge on any atom is -0.502 e. The monoisotopic (exact) mass is 349 g/mol. The van der Waals surface area contributed by atoms with Crippen molar-refractivity contribution < 1.29 is 35.3 Å². The van der Waals surface area contributed by atoms with Gasteiger partial charge >= 0.3 is 11.8 Å². The average molecular weight is 349 g/mol. The van der Waals surface area contributed by atoms with Gasteiger partial charge in [-0.2, -0.15) is 5.48 Å². The summed E-state index contributed by atoms with van der Waals surface area (Å²) in [6.45, 7) is 4.71. The van der Waals surface area contributed by atoms with Crippen LogP contribution in [0.1, 0.15) is 20.3 Å². The van der Waals surface area contributed by atoms with Gasteiger partial charge < -0.3 is 14.7 Å².